The van der Waals surface area contributed by atoms with Gasteiger partial charge in [-0.3, -0.25) is 4.79 Å². The largest absolute Gasteiger partial charge is 0.466 e. The number of rotatable bonds is 5. The topological polar surface area (TPSA) is 47.6 Å². The van der Waals surface area contributed by atoms with Crippen molar-refractivity contribution in [3.8, 4) is 0 Å². The number of piperidine rings is 1. The van der Waals surface area contributed by atoms with Crippen LogP contribution in [0.25, 0.3) is 0 Å². The number of hydrogen-bond acceptors (Lipinski definition) is 4. The van der Waals surface area contributed by atoms with Crippen LogP contribution >= 0.6 is 0 Å². The average Bonchev–Trinajstić information content (AvgIpc) is 2.20. The molecule has 1 aliphatic rings. The van der Waals surface area contributed by atoms with Gasteiger partial charge in [0, 0.05) is 6.54 Å². The SMILES string of the molecule is CCOC(=O)CCOC1CCCNC1. The van der Waals surface area contributed by atoms with Gasteiger partial charge in [-0.2, -0.15) is 0 Å². The molecular formula is C10H19NO3. The molecule has 0 aromatic rings. The van der Waals surface area contributed by atoms with E-state index in [-0.39, 0.29) is 12.1 Å². The molecule has 0 radical (unpaired) electrons. The number of carbonyl (C=O) groups excluding carboxylic acids is 1. The Kier molecular flexibility index (Phi) is 5.56. The predicted molar refractivity (Wildman–Crippen MR) is 53.1 cm³/mol. The van der Waals surface area contributed by atoms with Crippen LogP contribution in [-0.4, -0.2) is 38.4 Å². The molecule has 0 aromatic heterocycles. The summed E-state index contributed by atoms with van der Waals surface area (Å²) < 4.78 is 10.3. The molecule has 0 saturated carbocycles. The molecular weight excluding hydrogens is 182 g/mol. The van der Waals surface area contributed by atoms with E-state index < -0.39 is 0 Å². The van der Waals surface area contributed by atoms with Gasteiger partial charge in [-0.15, -0.1) is 0 Å². The van der Waals surface area contributed by atoms with E-state index in [4.69, 9.17) is 9.47 Å². The van der Waals surface area contributed by atoms with Crippen LogP contribution in [0.5, 0.6) is 0 Å². The summed E-state index contributed by atoms with van der Waals surface area (Å²) in [6.45, 7) is 4.72. The summed E-state index contributed by atoms with van der Waals surface area (Å²) in [7, 11) is 0. The van der Waals surface area contributed by atoms with Crippen molar-refractivity contribution < 1.29 is 14.3 Å². The van der Waals surface area contributed by atoms with Crippen LogP contribution in [0.2, 0.25) is 0 Å². The van der Waals surface area contributed by atoms with E-state index in [2.05, 4.69) is 5.32 Å². The van der Waals surface area contributed by atoms with Gasteiger partial charge in [0.25, 0.3) is 0 Å². The van der Waals surface area contributed by atoms with Gasteiger partial charge in [0.1, 0.15) is 0 Å². The first kappa shape index (κ1) is 11.5. The molecule has 14 heavy (non-hydrogen) atoms. The van der Waals surface area contributed by atoms with Gasteiger partial charge in [-0.1, -0.05) is 0 Å². The third kappa shape index (κ3) is 4.58. The van der Waals surface area contributed by atoms with Crippen molar-refractivity contribution in [2.24, 2.45) is 0 Å². The van der Waals surface area contributed by atoms with Crippen molar-refractivity contribution in [1.29, 1.82) is 0 Å². The zero-order valence-corrected chi connectivity index (χ0v) is 8.75. The van der Waals surface area contributed by atoms with E-state index in [9.17, 15) is 4.79 Å². The highest BCUT2D eigenvalue weighted by Crippen LogP contribution is 2.06. The second kappa shape index (κ2) is 6.79. The Morgan fingerprint density at radius 3 is 3.07 bits per heavy atom. The van der Waals surface area contributed by atoms with Crippen molar-refractivity contribution in [2.75, 3.05) is 26.3 Å². The summed E-state index contributed by atoms with van der Waals surface area (Å²) in [5, 5.41) is 3.26. The Balaban J connectivity index is 1.99. The molecule has 1 heterocycles. The lowest BCUT2D eigenvalue weighted by Gasteiger charge is -2.22. The minimum atomic E-state index is -0.170. The van der Waals surface area contributed by atoms with Crippen LogP contribution in [0.1, 0.15) is 26.2 Å². The molecule has 0 aliphatic carbocycles. The van der Waals surface area contributed by atoms with E-state index in [0.717, 1.165) is 25.9 Å². The Morgan fingerprint density at radius 2 is 2.43 bits per heavy atom. The molecule has 82 valence electrons. The molecule has 4 nitrogen and oxygen atoms in total. The fourth-order valence-electron chi connectivity index (χ4n) is 1.50. The van der Waals surface area contributed by atoms with E-state index in [1.54, 1.807) is 0 Å². The Labute approximate surface area is 85.0 Å². The van der Waals surface area contributed by atoms with Gasteiger partial charge in [-0.05, 0) is 26.3 Å². The maximum absolute atomic E-state index is 11.0. The molecule has 1 fully saturated rings. The molecule has 1 atom stereocenters. The van der Waals surface area contributed by atoms with Crippen LogP contribution in [0.3, 0.4) is 0 Å². The van der Waals surface area contributed by atoms with Crippen molar-refractivity contribution in [2.45, 2.75) is 32.3 Å². The van der Waals surface area contributed by atoms with E-state index in [1.807, 2.05) is 6.92 Å². The van der Waals surface area contributed by atoms with E-state index >= 15 is 0 Å². The predicted octanol–water partition coefficient (Wildman–Crippen LogP) is 0.708. The smallest absolute Gasteiger partial charge is 0.308 e. The Hall–Kier alpha value is -0.610. The minimum absolute atomic E-state index is 0.170. The molecule has 1 N–H and O–H groups in total. The third-order valence-electron chi connectivity index (χ3n) is 2.22. The molecule has 1 aliphatic heterocycles. The zero-order valence-electron chi connectivity index (χ0n) is 8.75. The fraction of sp³-hybridized carbons (Fsp3) is 0.900. The number of esters is 1. The first-order valence-corrected chi connectivity index (χ1v) is 5.31. The maximum atomic E-state index is 11.0. The standard InChI is InChI=1S/C10H19NO3/c1-2-13-10(12)5-7-14-9-4-3-6-11-8-9/h9,11H,2-8H2,1H3. The zero-order chi connectivity index (χ0) is 10.2. The minimum Gasteiger partial charge on any atom is -0.466 e. The molecule has 1 rings (SSSR count). The first-order chi connectivity index (χ1) is 6.83. The van der Waals surface area contributed by atoms with Crippen LogP contribution in [0.4, 0.5) is 0 Å². The quantitative estimate of drug-likeness (QED) is 0.665. The van der Waals surface area contributed by atoms with Crippen molar-refractivity contribution in [3.63, 3.8) is 0 Å². The second-order valence-corrected chi connectivity index (χ2v) is 3.39. The molecule has 0 spiro atoms. The average molecular weight is 201 g/mol. The van der Waals surface area contributed by atoms with Gasteiger partial charge in [0.2, 0.25) is 0 Å². The molecule has 4 heteroatoms. The maximum Gasteiger partial charge on any atom is 0.308 e. The highest BCUT2D eigenvalue weighted by atomic mass is 16.5. The van der Waals surface area contributed by atoms with Gasteiger partial charge in [-0.25, -0.2) is 0 Å². The van der Waals surface area contributed by atoms with Crippen LogP contribution < -0.4 is 5.32 Å². The summed E-state index contributed by atoms with van der Waals surface area (Å²) in [4.78, 5) is 11.0. The summed E-state index contributed by atoms with van der Waals surface area (Å²) in [5.41, 5.74) is 0. The lowest BCUT2D eigenvalue weighted by Crippen LogP contribution is -2.35. The fourth-order valence-corrected chi connectivity index (χ4v) is 1.50. The normalized spacial score (nSPS) is 21.9. The Morgan fingerprint density at radius 1 is 1.57 bits per heavy atom. The third-order valence-corrected chi connectivity index (χ3v) is 2.22. The van der Waals surface area contributed by atoms with E-state index in [0.29, 0.717) is 19.6 Å². The van der Waals surface area contributed by atoms with Crippen LogP contribution in [0, 0.1) is 0 Å². The number of carbonyl (C=O) groups is 1. The number of hydrogen-bond donors (Lipinski definition) is 1. The first-order valence-electron chi connectivity index (χ1n) is 5.31. The molecule has 0 aromatic carbocycles. The van der Waals surface area contributed by atoms with Gasteiger partial charge in [0.15, 0.2) is 0 Å². The molecule has 0 bridgehead atoms. The summed E-state index contributed by atoms with van der Waals surface area (Å²) >= 11 is 0. The van der Waals surface area contributed by atoms with Crippen molar-refractivity contribution in [3.05, 3.63) is 0 Å². The van der Waals surface area contributed by atoms with Crippen LogP contribution in [0.15, 0.2) is 0 Å². The number of nitrogens with one attached hydrogen (secondary N) is 1. The summed E-state index contributed by atoms with van der Waals surface area (Å²) in [6.07, 6.45) is 2.89. The lowest BCUT2D eigenvalue weighted by molar-refractivity contribution is -0.144. The lowest BCUT2D eigenvalue weighted by atomic mass is 10.1. The molecule has 0 amide bonds. The van der Waals surface area contributed by atoms with Gasteiger partial charge < -0.3 is 14.8 Å². The number of ether oxygens (including phenoxy) is 2. The van der Waals surface area contributed by atoms with Gasteiger partial charge >= 0.3 is 5.97 Å². The summed E-state index contributed by atoms with van der Waals surface area (Å²) in [5.74, 6) is -0.170. The summed E-state index contributed by atoms with van der Waals surface area (Å²) in [6, 6.07) is 0. The van der Waals surface area contributed by atoms with Crippen molar-refractivity contribution >= 4 is 5.97 Å². The molecule has 1 unspecified atom stereocenters. The highest BCUT2D eigenvalue weighted by Gasteiger charge is 2.13. The monoisotopic (exact) mass is 201 g/mol. The van der Waals surface area contributed by atoms with E-state index in [1.165, 1.54) is 0 Å². The second-order valence-electron chi connectivity index (χ2n) is 3.39. The van der Waals surface area contributed by atoms with Crippen molar-refractivity contribution in [1.82, 2.24) is 5.32 Å². The highest BCUT2D eigenvalue weighted by molar-refractivity contribution is 5.69. The van der Waals surface area contributed by atoms with Gasteiger partial charge in [0.05, 0.1) is 25.7 Å². The molecule has 1 saturated heterocycles. The van der Waals surface area contributed by atoms with Crippen LogP contribution in [-0.2, 0) is 14.3 Å². The Bertz CT molecular complexity index is 167.